The standard InChI is InChI=1S/C14H14BrClN2/c15-13-9-11(4-5-14(13)16)10-17-8-6-12-3-1-2-7-18-12/h1-5,7,9,17H,6,8,10H2. The molecule has 1 N–H and O–H groups in total. The van der Waals surface area contributed by atoms with E-state index in [4.69, 9.17) is 11.6 Å². The molecule has 4 heteroatoms. The molecule has 0 saturated carbocycles. The van der Waals surface area contributed by atoms with Crippen LogP contribution in [0.15, 0.2) is 47.1 Å². The van der Waals surface area contributed by atoms with E-state index >= 15 is 0 Å². The zero-order chi connectivity index (χ0) is 12.8. The van der Waals surface area contributed by atoms with E-state index in [2.05, 4.69) is 26.2 Å². The summed E-state index contributed by atoms with van der Waals surface area (Å²) in [6.45, 7) is 1.75. The molecular weight excluding hydrogens is 312 g/mol. The number of nitrogens with zero attached hydrogens (tertiary/aromatic N) is 1. The first-order chi connectivity index (χ1) is 8.75. The summed E-state index contributed by atoms with van der Waals surface area (Å²) in [5.74, 6) is 0. The molecule has 2 rings (SSSR count). The second-order valence-corrected chi connectivity index (χ2v) is 5.26. The van der Waals surface area contributed by atoms with Gasteiger partial charge in [-0.1, -0.05) is 23.7 Å². The van der Waals surface area contributed by atoms with Crippen LogP contribution in [-0.4, -0.2) is 11.5 Å². The summed E-state index contributed by atoms with van der Waals surface area (Å²) in [7, 11) is 0. The van der Waals surface area contributed by atoms with Gasteiger partial charge in [-0.2, -0.15) is 0 Å². The number of aromatic nitrogens is 1. The SMILES string of the molecule is Clc1ccc(CNCCc2ccccn2)cc1Br. The maximum atomic E-state index is 5.95. The van der Waals surface area contributed by atoms with Crippen molar-refractivity contribution >= 4 is 27.5 Å². The third kappa shape index (κ3) is 4.09. The van der Waals surface area contributed by atoms with Gasteiger partial charge >= 0.3 is 0 Å². The Hall–Kier alpha value is -0.900. The second kappa shape index (κ2) is 6.88. The van der Waals surface area contributed by atoms with Crippen molar-refractivity contribution in [2.75, 3.05) is 6.54 Å². The van der Waals surface area contributed by atoms with Crippen molar-refractivity contribution < 1.29 is 0 Å². The number of hydrogen-bond donors (Lipinski definition) is 1. The fraction of sp³-hybridized carbons (Fsp3) is 0.214. The Balaban J connectivity index is 1.77. The number of halogens is 2. The van der Waals surface area contributed by atoms with E-state index in [0.29, 0.717) is 0 Å². The van der Waals surface area contributed by atoms with Crippen LogP contribution in [0.3, 0.4) is 0 Å². The highest BCUT2D eigenvalue weighted by Crippen LogP contribution is 2.22. The Kier molecular flexibility index (Phi) is 5.17. The molecule has 0 aliphatic carbocycles. The Morgan fingerprint density at radius 3 is 2.83 bits per heavy atom. The lowest BCUT2D eigenvalue weighted by molar-refractivity contribution is 0.680. The van der Waals surface area contributed by atoms with E-state index in [-0.39, 0.29) is 0 Å². The maximum Gasteiger partial charge on any atom is 0.0548 e. The van der Waals surface area contributed by atoms with E-state index in [1.807, 2.05) is 42.6 Å². The summed E-state index contributed by atoms with van der Waals surface area (Å²) in [5.41, 5.74) is 2.33. The highest BCUT2D eigenvalue weighted by atomic mass is 79.9. The monoisotopic (exact) mass is 324 g/mol. The van der Waals surface area contributed by atoms with Gasteiger partial charge < -0.3 is 5.32 Å². The van der Waals surface area contributed by atoms with Gasteiger partial charge in [-0.25, -0.2) is 0 Å². The van der Waals surface area contributed by atoms with E-state index in [1.165, 1.54) is 5.56 Å². The molecule has 0 bridgehead atoms. The molecule has 1 aromatic carbocycles. The average Bonchev–Trinajstić information content (AvgIpc) is 2.40. The summed E-state index contributed by atoms with van der Waals surface area (Å²) in [6, 6.07) is 12.0. The molecule has 0 atom stereocenters. The van der Waals surface area contributed by atoms with Gasteiger partial charge in [0.1, 0.15) is 0 Å². The Bertz CT molecular complexity index is 502. The van der Waals surface area contributed by atoms with Crippen molar-refractivity contribution in [3.8, 4) is 0 Å². The molecule has 0 amide bonds. The van der Waals surface area contributed by atoms with Gasteiger partial charge in [0.2, 0.25) is 0 Å². The highest BCUT2D eigenvalue weighted by Gasteiger charge is 1.99. The molecule has 2 aromatic rings. The second-order valence-electron chi connectivity index (χ2n) is 4.00. The topological polar surface area (TPSA) is 24.9 Å². The number of rotatable bonds is 5. The molecule has 0 unspecified atom stereocenters. The molecule has 2 nitrogen and oxygen atoms in total. The van der Waals surface area contributed by atoms with Crippen molar-refractivity contribution in [2.24, 2.45) is 0 Å². The highest BCUT2D eigenvalue weighted by molar-refractivity contribution is 9.10. The van der Waals surface area contributed by atoms with Crippen LogP contribution in [0, 0.1) is 0 Å². The minimum Gasteiger partial charge on any atom is -0.312 e. The van der Waals surface area contributed by atoms with Crippen LogP contribution < -0.4 is 5.32 Å². The molecule has 1 aromatic heterocycles. The lowest BCUT2D eigenvalue weighted by Crippen LogP contribution is -2.17. The Morgan fingerprint density at radius 1 is 1.22 bits per heavy atom. The van der Waals surface area contributed by atoms with Crippen molar-refractivity contribution in [3.05, 3.63) is 63.3 Å². The largest absolute Gasteiger partial charge is 0.312 e. The quantitative estimate of drug-likeness (QED) is 0.845. The van der Waals surface area contributed by atoms with Gasteiger partial charge in [-0.05, 0) is 45.8 Å². The van der Waals surface area contributed by atoms with Crippen LogP contribution in [0.5, 0.6) is 0 Å². The fourth-order valence-corrected chi connectivity index (χ4v) is 2.19. The van der Waals surface area contributed by atoms with Gasteiger partial charge in [0.25, 0.3) is 0 Å². The Morgan fingerprint density at radius 2 is 2.11 bits per heavy atom. The third-order valence-electron chi connectivity index (χ3n) is 2.60. The van der Waals surface area contributed by atoms with Crippen molar-refractivity contribution in [1.29, 1.82) is 0 Å². The van der Waals surface area contributed by atoms with Crippen LogP contribution in [0.1, 0.15) is 11.3 Å². The van der Waals surface area contributed by atoms with Crippen LogP contribution in [-0.2, 0) is 13.0 Å². The van der Waals surface area contributed by atoms with Crippen LogP contribution in [0.4, 0.5) is 0 Å². The molecule has 0 spiro atoms. The molecule has 0 saturated heterocycles. The summed E-state index contributed by atoms with van der Waals surface area (Å²) in [4.78, 5) is 4.28. The van der Waals surface area contributed by atoms with Crippen LogP contribution in [0.2, 0.25) is 5.02 Å². The summed E-state index contributed by atoms with van der Waals surface area (Å²) < 4.78 is 0.938. The normalized spacial score (nSPS) is 10.6. The molecule has 1 heterocycles. The summed E-state index contributed by atoms with van der Waals surface area (Å²) in [6.07, 6.45) is 2.77. The van der Waals surface area contributed by atoms with Gasteiger partial charge in [-0.15, -0.1) is 0 Å². The van der Waals surface area contributed by atoms with Crippen molar-refractivity contribution in [3.63, 3.8) is 0 Å². The number of hydrogen-bond acceptors (Lipinski definition) is 2. The van der Waals surface area contributed by atoms with Crippen LogP contribution in [0.25, 0.3) is 0 Å². The summed E-state index contributed by atoms with van der Waals surface area (Å²) >= 11 is 9.37. The Labute approximate surface area is 121 Å². The molecular formula is C14H14BrClN2. The van der Waals surface area contributed by atoms with E-state index in [0.717, 1.165) is 34.7 Å². The lowest BCUT2D eigenvalue weighted by Gasteiger charge is -2.06. The average molecular weight is 326 g/mol. The molecule has 94 valence electrons. The van der Waals surface area contributed by atoms with Crippen LogP contribution >= 0.6 is 27.5 Å². The molecule has 0 fully saturated rings. The number of benzene rings is 1. The molecule has 0 aliphatic heterocycles. The first-order valence-corrected chi connectivity index (χ1v) is 6.97. The third-order valence-corrected chi connectivity index (χ3v) is 3.81. The molecule has 0 aliphatic rings. The maximum absolute atomic E-state index is 5.95. The van der Waals surface area contributed by atoms with Gasteiger partial charge in [0.05, 0.1) is 5.02 Å². The van der Waals surface area contributed by atoms with E-state index < -0.39 is 0 Å². The first kappa shape index (κ1) is 13.5. The number of pyridine rings is 1. The number of nitrogens with one attached hydrogen (secondary N) is 1. The van der Waals surface area contributed by atoms with E-state index in [1.54, 1.807) is 0 Å². The molecule has 18 heavy (non-hydrogen) atoms. The fourth-order valence-electron chi connectivity index (χ4n) is 1.64. The van der Waals surface area contributed by atoms with Crippen molar-refractivity contribution in [1.82, 2.24) is 10.3 Å². The smallest absolute Gasteiger partial charge is 0.0548 e. The van der Waals surface area contributed by atoms with Gasteiger partial charge in [0.15, 0.2) is 0 Å². The summed E-state index contributed by atoms with van der Waals surface area (Å²) in [5, 5.41) is 4.14. The predicted molar refractivity (Wildman–Crippen MR) is 78.8 cm³/mol. The minimum absolute atomic E-state index is 0.743. The van der Waals surface area contributed by atoms with E-state index in [9.17, 15) is 0 Å². The predicted octanol–water partition coefficient (Wildman–Crippen LogP) is 3.83. The van der Waals surface area contributed by atoms with Gasteiger partial charge in [0, 0.05) is 35.9 Å². The zero-order valence-corrected chi connectivity index (χ0v) is 12.2. The first-order valence-electron chi connectivity index (χ1n) is 5.80. The van der Waals surface area contributed by atoms with Gasteiger partial charge in [-0.3, -0.25) is 4.98 Å². The minimum atomic E-state index is 0.743. The van der Waals surface area contributed by atoms with Crippen molar-refractivity contribution in [2.45, 2.75) is 13.0 Å². The zero-order valence-electron chi connectivity index (χ0n) is 9.87. The lowest BCUT2D eigenvalue weighted by atomic mass is 10.2. The molecule has 0 radical (unpaired) electrons.